The number of nitrogens with two attached hydrogens (primary N) is 1. The first-order valence-electron chi connectivity index (χ1n) is 6.63. The van der Waals surface area contributed by atoms with E-state index >= 15 is 0 Å². The lowest BCUT2D eigenvalue weighted by Crippen LogP contribution is -2.48. The molecule has 1 aromatic rings. The van der Waals surface area contributed by atoms with Crippen molar-refractivity contribution in [1.82, 2.24) is 4.90 Å². The van der Waals surface area contributed by atoms with Gasteiger partial charge in [0, 0.05) is 18.7 Å². The molecule has 7 heteroatoms. The van der Waals surface area contributed by atoms with Crippen molar-refractivity contribution in [3.63, 3.8) is 0 Å². The fraction of sp³-hybridized carbons (Fsp3) is 0.429. The Balaban J connectivity index is 1.84. The van der Waals surface area contributed by atoms with Gasteiger partial charge in [0.25, 0.3) is 5.91 Å². The van der Waals surface area contributed by atoms with E-state index in [2.05, 4.69) is 0 Å². The number of thiocarbonyl (C=S) groups is 1. The summed E-state index contributed by atoms with van der Waals surface area (Å²) in [6.45, 7) is 1.19. The standard InChI is InChI=1S/C14H18N2O4S/c15-14(21)10-1-3-11(4-2-10)20-9-13(18)16-5-6-19-12(7-16)8-17/h1-4,12,17H,5-9H2,(H2,15,21). The van der Waals surface area contributed by atoms with Gasteiger partial charge < -0.3 is 25.2 Å². The summed E-state index contributed by atoms with van der Waals surface area (Å²) in [5.41, 5.74) is 6.26. The van der Waals surface area contributed by atoms with E-state index in [-0.39, 0.29) is 25.2 Å². The van der Waals surface area contributed by atoms with E-state index in [4.69, 9.17) is 32.5 Å². The monoisotopic (exact) mass is 310 g/mol. The van der Waals surface area contributed by atoms with Crippen LogP contribution in [0, 0.1) is 0 Å². The van der Waals surface area contributed by atoms with Crippen molar-refractivity contribution in [3.05, 3.63) is 29.8 Å². The van der Waals surface area contributed by atoms with E-state index in [0.717, 1.165) is 5.56 Å². The van der Waals surface area contributed by atoms with Gasteiger partial charge >= 0.3 is 0 Å². The lowest BCUT2D eigenvalue weighted by atomic mass is 10.2. The highest BCUT2D eigenvalue weighted by Gasteiger charge is 2.23. The minimum atomic E-state index is -0.312. The largest absolute Gasteiger partial charge is 0.484 e. The topological polar surface area (TPSA) is 85.0 Å². The van der Waals surface area contributed by atoms with Crippen LogP contribution < -0.4 is 10.5 Å². The zero-order chi connectivity index (χ0) is 15.2. The summed E-state index contributed by atoms with van der Waals surface area (Å²) in [4.78, 5) is 14.0. The third-order valence-electron chi connectivity index (χ3n) is 3.20. The summed E-state index contributed by atoms with van der Waals surface area (Å²) in [7, 11) is 0. The average molecular weight is 310 g/mol. The number of aliphatic hydroxyl groups excluding tert-OH is 1. The van der Waals surface area contributed by atoms with Crippen molar-refractivity contribution in [3.8, 4) is 5.75 Å². The molecule has 1 amide bonds. The summed E-state index contributed by atoms with van der Waals surface area (Å²) < 4.78 is 10.7. The first kappa shape index (κ1) is 15.7. The highest BCUT2D eigenvalue weighted by Crippen LogP contribution is 2.13. The zero-order valence-electron chi connectivity index (χ0n) is 11.5. The highest BCUT2D eigenvalue weighted by atomic mass is 32.1. The van der Waals surface area contributed by atoms with Crippen molar-refractivity contribution in [1.29, 1.82) is 0 Å². The van der Waals surface area contributed by atoms with Crippen LogP contribution >= 0.6 is 12.2 Å². The van der Waals surface area contributed by atoms with E-state index in [9.17, 15) is 4.79 Å². The van der Waals surface area contributed by atoms with Crippen LogP contribution in [-0.2, 0) is 9.53 Å². The summed E-state index contributed by atoms with van der Waals surface area (Å²) in [5, 5.41) is 9.05. The molecule has 0 aliphatic carbocycles. The van der Waals surface area contributed by atoms with Crippen molar-refractivity contribution >= 4 is 23.1 Å². The molecule has 0 saturated carbocycles. The minimum Gasteiger partial charge on any atom is -0.484 e. The molecule has 0 aromatic heterocycles. The van der Waals surface area contributed by atoms with Gasteiger partial charge in [0.1, 0.15) is 10.7 Å². The number of rotatable bonds is 5. The third kappa shape index (κ3) is 4.38. The Morgan fingerprint density at radius 2 is 2.19 bits per heavy atom. The lowest BCUT2D eigenvalue weighted by Gasteiger charge is -2.31. The molecule has 0 spiro atoms. The third-order valence-corrected chi connectivity index (χ3v) is 3.43. The second-order valence-electron chi connectivity index (χ2n) is 4.69. The predicted octanol–water partition coefficient (Wildman–Crippen LogP) is -0.0807. The summed E-state index contributed by atoms with van der Waals surface area (Å²) in [6.07, 6.45) is -0.312. The van der Waals surface area contributed by atoms with Crippen molar-refractivity contribution in [2.75, 3.05) is 32.9 Å². The fourth-order valence-corrected chi connectivity index (χ4v) is 2.14. The maximum absolute atomic E-state index is 12.0. The number of nitrogens with zero attached hydrogens (tertiary/aromatic N) is 1. The number of carbonyl (C=O) groups excluding carboxylic acids is 1. The Labute approximate surface area is 128 Å². The molecule has 1 fully saturated rings. The smallest absolute Gasteiger partial charge is 0.260 e. The van der Waals surface area contributed by atoms with E-state index in [1.54, 1.807) is 29.2 Å². The minimum absolute atomic E-state index is 0.0510. The number of carbonyl (C=O) groups is 1. The second kappa shape index (κ2) is 7.35. The summed E-state index contributed by atoms with van der Waals surface area (Å²) >= 11 is 4.86. The molecule has 1 aliphatic heterocycles. The molecule has 1 unspecified atom stereocenters. The van der Waals surface area contributed by atoms with Crippen LogP contribution in [0.3, 0.4) is 0 Å². The molecule has 1 aromatic carbocycles. The van der Waals surface area contributed by atoms with Gasteiger partial charge in [-0.2, -0.15) is 0 Å². The Hall–Kier alpha value is -1.70. The van der Waals surface area contributed by atoms with Crippen LogP contribution in [0.4, 0.5) is 0 Å². The van der Waals surface area contributed by atoms with Crippen LogP contribution in [-0.4, -0.2) is 59.9 Å². The molecule has 1 atom stereocenters. The van der Waals surface area contributed by atoms with Crippen LogP contribution in [0.25, 0.3) is 0 Å². The summed E-state index contributed by atoms with van der Waals surface area (Å²) in [6, 6.07) is 6.94. The van der Waals surface area contributed by atoms with E-state index < -0.39 is 0 Å². The molecule has 0 radical (unpaired) electrons. The highest BCUT2D eigenvalue weighted by molar-refractivity contribution is 7.80. The molecule has 21 heavy (non-hydrogen) atoms. The molecule has 1 aliphatic rings. The van der Waals surface area contributed by atoms with Gasteiger partial charge in [-0.15, -0.1) is 0 Å². The van der Waals surface area contributed by atoms with Crippen LogP contribution in [0.15, 0.2) is 24.3 Å². The van der Waals surface area contributed by atoms with Crippen LogP contribution in [0.1, 0.15) is 5.56 Å². The molecule has 1 saturated heterocycles. The first-order chi connectivity index (χ1) is 10.1. The molecule has 114 valence electrons. The number of benzene rings is 1. The lowest BCUT2D eigenvalue weighted by molar-refractivity contribution is -0.142. The Morgan fingerprint density at radius 3 is 2.81 bits per heavy atom. The zero-order valence-corrected chi connectivity index (χ0v) is 12.3. The van der Waals surface area contributed by atoms with E-state index in [1.165, 1.54) is 0 Å². The van der Waals surface area contributed by atoms with Crippen LogP contribution in [0.2, 0.25) is 0 Å². The van der Waals surface area contributed by atoms with Gasteiger partial charge in [-0.3, -0.25) is 4.79 Å². The van der Waals surface area contributed by atoms with Gasteiger partial charge in [0.05, 0.1) is 19.3 Å². The number of amides is 1. The van der Waals surface area contributed by atoms with Crippen LogP contribution in [0.5, 0.6) is 5.75 Å². The molecule has 6 nitrogen and oxygen atoms in total. The fourth-order valence-electron chi connectivity index (χ4n) is 2.01. The predicted molar refractivity (Wildman–Crippen MR) is 81.2 cm³/mol. The number of morpholine rings is 1. The maximum Gasteiger partial charge on any atom is 0.260 e. The number of ether oxygens (including phenoxy) is 2. The van der Waals surface area contributed by atoms with Gasteiger partial charge in [0.15, 0.2) is 6.61 Å². The summed E-state index contributed by atoms with van der Waals surface area (Å²) in [5.74, 6) is 0.450. The average Bonchev–Trinajstić information content (AvgIpc) is 2.53. The van der Waals surface area contributed by atoms with Gasteiger partial charge in [-0.1, -0.05) is 12.2 Å². The molecule has 0 bridgehead atoms. The molecule has 2 rings (SSSR count). The van der Waals surface area contributed by atoms with E-state index in [0.29, 0.717) is 30.4 Å². The molecular weight excluding hydrogens is 292 g/mol. The molecule has 1 heterocycles. The van der Waals surface area contributed by atoms with Gasteiger partial charge in [-0.05, 0) is 24.3 Å². The quantitative estimate of drug-likeness (QED) is 0.740. The Morgan fingerprint density at radius 1 is 1.48 bits per heavy atom. The molecule has 3 N–H and O–H groups in total. The SMILES string of the molecule is NC(=S)c1ccc(OCC(=O)N2CCOC(CO)C2)cc1. The number of hydrogen-bond acceptors (Lipinski definition) is 5. The van der Waals surface area contributed by atoms with Crippen molar-refractivity contribution < 1.29 is 19.4 Å². The number of aliphatic hydroxyl groups is 1. The van der Waals surface area contributed by atoms with Gasteiger partial charge in [0.2, 0.25) is 0 Å². The first-order valence-corrected chi connectivity index (χ1v) is 7.04. The molecular formula is C14H18N2O4S. The van der Waals surface area contributed by atoms with Gasteiger partial charge in [-0.25, -0.2) is 0 Å². The Bertz CT molecular complexity index is 506. The second-order valence-corrected chi connectivity index (χ2v) is 5.13. The van der Waals surface area contributed by atoms with E-state index in [1.807, 2.05) is 0 Å². The number of hydrogen-bond donors (Lipinski definition) is 2. The van der Waals surface area contributed by atoms with Crippen molar-refractivity contribution in [2.24, 2.45) is 5.73 Å². The van der Waals surface area contributed by atoms with Crippen molar-refractivity contribution in [2.45, 2.75) is 6.10 Å². The Kier molecular flexibility index (Phi) is 5.49. The normalized spacial score (nSPS) is 18.3. The maximum atomic E-state index is 12.0.